The van der Waals surface area contributed by atoms with Crippen molar-refractivity contribution in [3.63, 3.8) is 0 Å². The van der Waals surface area contributed by atoms with E-state index in [1.54, 1.807) is 6.33 Å². The van der Waals surface area contributed by atoms with Gasteiger partial charge in [-0.05, 0) is 50.4 Å². The van der Waals surface area contributed by atoms with Crippen LogP contribution in [0.2, 0.25) is 0 Å². The average molecular weight is 330 g/mol. The predicted octanol–water partition coefficient (Wildman–Crippen LogP) is 3.11. The van der Waals surface area contributed by atoms with Crippen LogP contribution in [0.4, 0.5) is 11.6 Å². The normalized spacial score (nSPS) is 29.2. The van der Waals surface area contributed by atoms with Crippen molar-refractivity contribution in [3.05, 3.63) is 12.4 Å². The molecule has 0 saturated carbocycles. The highest BCUT2D eigenvalue weighted by molar-refractivity contribution is 5.50. The van der Waals surface area contributed by atoms with Gasteiger partial charge in [0.25, 0.3) is 0 Å². The Balaban J connectivity index is 1.39. The number of piperidine rings is 2. The van der Waals surface area contributed by atoms with Gasteiger partial charge in [0.05, 0.1) is 6.10 Å². The van der Waals surface area contributed by atoms with Crippen molar-refractivity contribution >= 4 is 11.6 Å². The van der Waals surface area contributed by atoms with Gasteiger partial charge < -0.3 is 14.5 Å². The van der Waals surface area contributed by atoms with Crippen LogP contribution in [-0.2, 0) is 4.74 Å². The van der Waals surface area contributed by atoms with Gasteiger partial charge in [0.1, 0.15) is 18.0 Å². The lowest BCUT2D eigenvalue weighted by Gasteiger charge is -2.36. The number of ether oxygens (including phenoxy) is 1. The summed E-state index contributed by atoms with van der Waals surface area (Å²) < 4.78 is 5.89. The van der Waals surface area contributed by atoms with E-state index in [4.69, 9.17) is 4.74 Å². The molecule has 3 saturated heterocycles. The first-order chi connectivity index (χ1) is 11.8. The molecule has 3 aliphatic rings. The quantitative estimate of drug-likeness (QED) is 0.852. The van der Waals surface area contributed by atoms with Crippen LogP contribution >= 0.6 is 0 Å². The molecule has 4 rings (SSSR count). The zero-order chi connectivity index (χ0) is 16.4. The topological polar surface area (TPSA) is 41.5 Å². The molecular weight excluding hydrogens is 300 g/mol. The van der Waals surface area contributed by atoms with Crippen LogP contribution in [0.15, 0.2) is 12.4 Å². The zero-order valence-corrected chi connectivity index (χ0v) is 14.9. The van der Waals surface area contributed by atoms with E-state index in [0.29, 0.717) is 6.10 Å². The molecule has 132 valence electrons. The number of aromatic nitrogens is 2. The molecule has 5 nitrogen and oxygen atoms in total. The Hall–Kier alpha value is -1.36. The Kier molecular flexibility index (Phi) is 4.88. The van der Waals surface area contributed by atoms with Crippen molar-refractivity contribution in [3.8, 4) is 0 Å². The summed E-state index contributed by atoms with van der Waals surface area (Å²) in [7, 11) is 0. The van der Waals surface area contributed by atoms with E-state index in [2.05, 4.69) is 32.8 Å². The van der Waals surface area contributed by atoms with Gasteiger partial charge in [0.15, 0.2) is 0 Å². The standard InChI is InChI=1S/C19H30N4O/c1-15-4-2-8-23(13-15)19-12-18(20-14-21-19)22-9-6-16(7-10-22)17-5-3-11-24-17/h12,14-17H,2-11,13H2,1H3. The largest absolute Gasteiger partial charge is 0.378 e. The van der Waals surface area contributed by atoms with E-state index in [1.807, 2.05) is 0 Å². The second-order valence-corrected chi connectivity index (χ2v) is 7.80. The highest BCUT2D eigenvalue weighted by Gasteiger charge is 2.30. The Bertz CT molecular complexity index is 538. The molecule has 3 aliphatic heterocycles. The second kappa shape index (κ2) is 7.26. The molecule has 0 aromatic carbocycles. The minimum atomic E-state index is 0.517. The van der Waals surface area contributed by atoms with Gasteiger partial charge in [-0.2, -0.15) is 0 Å². The summed E-state index contributed by atoms with van der Waals surface area (Å²) in [6.45, 7) is 7.74. The molecule has 24 heavy (non-hydrogen) atoms. The molecule has 4 heterocycles. The Morgan fingerprint density at radius 2 is 1.75 bits per heavy atom. The van der Waals surface area contributed by atoms with Crippen LogP contribution < -0.4 is 9.80 Å². The lowest BCUT2D eigenvalue weighted by Crippen LogP contribution is -2.38. The molecule has 0 amide bonds. The van der Waals surface area contributed by atoms with E-state index < -0.39 is 0 Å². The van der Waals surface area contributed by atoms with Gasteiger partial charge in [0, 0.05) is 38.9 Å². The molecule has 0 bridgehead atoms. The van der Waals surface area contributed by atoms with Crippen molar-refractivity contribution in [2.45, 2.75) is 51.6 Å². The molecule has 0 spiro atoms. The summed E-state index contributed by atoms with van der Waals surface area (Å²) in [6.07, 6.45) is 9.83. The number of anilines is 2. The monoisotopic (exact) mass is 330 g/mol. The van der Waals surface area contributed by atoms with Crippen molar-refractivity contribution in [1.29, 1.82) is 0 Å². The zero-order valence-electron chi connectivity index (χ0n) is 14.9. The van der Waals surface area contributed by atoms with Crippen LogP contribution in [0, 0.1) is 11.8 Å². The van der Waals surface area contributed by atoms with Gasteiger partial charge in [0.2, 0.25) is 0 Å². The van der Waals surface area contributed by atoms with Gasteiger partial charge in [-0.25, -0.2) is 9.97 Å². The fourth-order valence-corrected chi connectivity index (χ4v) is 4.56. The van der Waals surface area contributed by atoms with E-state index in [-0.39, 0.29) is 0 Å². The van der Waals surface area contributed by atoms with Crippen molar-refractivity contribution in [2.75, 3.05) is 42.6 Å². The summed E-state index contributed by atoms with van der Waals surface area (Å²) in [6, 6.07) is 2.20. The molecule has 2 atom stereocenters. The highest BCUT2D eigenvalue weighted by Crippen LogP contribution is 2.31. The summed E-state index contributed by atoms with van der Waals surface area (Å²) in [5, 5.41) is 0. The minimum absolute atomic E-state index is 0.517. The molecule has 0 N–H and O–H groups in total. The summed E-state index contributed by atoms with van der Waals surface area (Å²) in [5.74, 6) is 3.71. The number of rotatable bonds is 3. The SMILES string of the molecule is CC1CCCN(c2cc(N3CCC(C4CCCO4)CC3)ncn2)C1. The summed E-state index contributed by atoms with van der Waals surface area (Å²) in [4.78, 5) is 14.0. The average Bonchev–Trinajstić information content (AvgIpc) is 3.17. The molecule has 1 aromatic rings. The second-order valence-electron chi connectivity index (χ2n) is 7.80. The van der Waals surface area contributed by atoms with Crippen LogP contribution in [-0.4, -0.2) is 48.9 Å². The molecule has 1 aromatic heterocycles. The number of hydrogen-bond donors (Lipinski definition) is 0. The first-order valence-electron chi connectivity index (χ1n) is 9.73. The maximum Gasteiger partial charge on any atom is 0.134 e. The summed E-state index contributed by atoms with van der Waals surface area (Å²) in [5.41, 5.74) is 0. The fourth-order valence-electron chi connectivity index (χ4n) is 4.56. The smallest absolute Gasteiger partial charge is 0.134 e. The lowest BCUT2D eigenvalue weighted by molar-refractivity contribution is 0.0531. The third-order valence-corrected chi connectivity index (χ3v) is 5.97. The van der Waals surface area contributed by atoms with Gasteiger partial charge >= 0.3 is 0 Å². The molecule has 2 unspecified atom stereocenters. The summed E-state index contributed by atoms with van der Waals surface area (Å²) >= 11 is 0. The Labute approximate surface area is 145 Å². The van der Waals surface area contributed by atoms with Crippen LogP contribution in [0.1, 0.15) is 45.4 Å². The van der Waals surface area contributed by atoms with Gasteiger partial charge in [-0.1, -0.05) is 6.92 Å². The molecule has 3 fully saturated rings. The van der Waals surface area contributed by atoms with E-state index in [9.17, 15) is 0 Å². The van der Waals surface area contributed by atoms with Crippen molar-refractivity contribution in [1.82, 2.24) is 9.97 Å². The van der Waals surface area contributed by atoms with Gasteiger partial charge in [-0.3, -0.25) is 0 Å². The fraction of sp³-hybridized carbons (Fsp3) is 0.789. The third kappa shape index (κ3) is 3.51. The first-order valence-corrected chi connectivity index (χ1v) is 9.73. The van der Waals surface area contributed by atoms with Gasteiger partial charge in [-0.15, -0.1) is 0 Å². The third-order valence-electron chi connectivity index (χ3n) is 5.97. The van der Waals surface area contributed by atoms with E-state index in [1.165, 1.54) is 38.5 Å². The van der Waals surface area contributed by atoms with E-state index >= 15 is 0 Å². The number of nitrogens with zero attached hydrogens (tertiary/aromatic N) is 4. The van der Waals surface area contributed by atoms with Crippen LogP contribution in [0.5, 0.6) is 0 Å². The maximum atomic E-state index is 5.89. The molecular formula is C19H30N4O. The van der Waals surface area contributed by atoms with Crippen LogP contribution in [0.25, 0.3) is 0 Å². The maximum absolute atomic E-state index is 5.89. The molecule has 5 heteroatoms. The Morgan fingerprint density at radius 3 is 2.46 bits per heavy atom. The van der Waals surface area contributed by atoms with E-state index in [0.717, 1.165) is 56.3 Å². The highest BCUT2D eigenvalue weighted by atomic mass is 16.5. The molecule has 0 aliphatic carbocycles. The minimum Gasteiger partial charge on any atom is -0.378 e. The Morgan fingerprint density at radius 1 is 0.958 bits per heavy atom. The molecule has 0 radical (unpaired) electrons. The number of hydrogen-bond acceptors (Lipinski definition) is 5. The van der Waals surface area contributed by atoms with Crippen molar-refractivity contribution in [2.24, 2.45) is 11.8 Å². The van der Waals surface area contributed by atoms with Crippen LogP contribution in [0.3, 0.4) is 0 Å². The van der Waals surface area contributed by atoms with Crippen molar-refractivity contribution < 1.29 is 4.74 Å². The first kappa shape index (κ1) is 16.1. The predicted molar refractivity (Wildman–Crippen MR) is 96.6 cm³/mol. The lowest BCUT2D eigenvalue weighted by atomic mass is 9.90.